The van der Waals surface area contributed by atoms with E-state index in [0.717, 1.165) is 10.4 Å². The van der Waals surface area contributed by atoms with Gasteiger partial charge >= 0.3 is 0 Å². The molecule has 0 fully saturated rings. The van der Waals surface area contributed by atoms with Crippen LogP contribution >= 0.6 is 22.9 Å². The van der Waals surface area contributed by atoms with Gasteiger partial charge in [-0.3, -0.25) is 4.79 Å². The minimum atomic E-state index is -0.394. The van der Waals surface area contributed by atoms with Gasteiger partial charge < -0.3 is 5.32 Å². The molecule has 2 nitrogen and oxygen atoms in total. The topological polar surface area (TPSA) is 29.1 Å². The largest absolute Gasteiger partial charge is 0.345 e. The molecule has 1 unspecified atom stereocenters. The first kappa shape index (κ1) is 12.5. The molecule has 1 atom stereocenters. The van der Waals surface area contributed by atoms with Gasteiger partial charge in [-0.1, -0.05) is 0 Å². The summed E-state index contributed by atoms with van der Waals surface area (Å²) in [5.74, 6) is -0.0417. The Morgan fingerprint density at radius 2 is 2.20 bits per heavy atom. The Morgan fingerprint density at radius 1 is 1.60 bits per heavy atom. The van der Waals surface area contributed by atoms with Crippen LogP contribution < -0.4 is 5.32 Å². The van der Waals surface area contributed by atoms with Gasteiger partial charge in [0.25, 0.3) is 5.91 Å². The van der Waals surface area contributed by atoms with Crippen LogP contribution in [0.1, 0.15) is 36.0 Å². The number of alkyl halides is 1. The maximum absolute atomic E-state index is 11.9. The molecular weight excluding hydrogens is 230 g/mol. The fraction of sp³-hybridized carbons (Fsp3) is 0.545. The molecule has 0 saturated heterocycles. The Bertz CT molecular complexity index is 357. The second-order valence-corrected chi connectivity index (χ2v) is 5.80. The molecular formula is C11H16ClNOS. The number of rotatable bonds is 3. The summed E-state index contributed by atoms with van der Waals surface area (Å²) in [5.41, 5.74) is 0.616. The molecule has 4 heteroatoms. The minimum absolute atomic E-state index is 0.0417. The van der Waals surface area contributed by atoms with Gasteiger partial charge in [0.05, 0.1) is 15.8 Å². The van der Waals surface area contributed by atoms with Gasteiger partial charge in [0.2, 0.25) is 0 Å². The third-order valence-electron chi connectivity index (χ3n) is 2.50. The predicted molar refractivity (Wildman–Crippen MR) is 65.9 cm³/mol. The van der Waals surface area contributed by atoms with Crippen LogP contribution in [0, 0.1) is 6.92 Å². The van der Waals surface area contributed by atoms with Crippen molar-refractivity contribution >= 4 is 28.8 Å². The van der Waals surface area contributed by atoms with E-state index in [-0.39, 0.29) is 11.3 Å². The second kappa shape index (κ2) is 4.54. The van der Waals surface area contributed by atoms with Crippen molar-refractivity contribution < 1.29 is 4.79 Å². The lowest BCUT2D eigenvalue weighted by atomic mass is 10.0. The summed E-state index contributed by atoms with van der Waals surface area (Å²) < 4.78 is 0. The highest BCUT2D eigenvalue weighted by Crippen LogP contribution is 2.19. The number of hydrogen-bond donors (Lipinski definition) is 1. The molecule has 0 spiro atoms. The highest BCUT2D eigenvalue weighted by Gasteiger charge is 2.27. The van der Waals surface area contributed by atoms with Crippen molar-refractivity contribution in [2.45, 2.75) is 38.6 Å². The summed E-state index contributed by atoms with van der Waals surface area (Å²) in [6.45, 7) is 7.66. The molecule has 1 N–H and O–H groups in total. The van der Waals surface area contributed by atoms with E-state index in [4.69, 9.17) is 11.6 Å². The summed E-state index contributed by atoms with van der Waals surface area (Å²) in [7, 11) is 0. The smallest absolute Gasteiger partial charge is 0.262 e. The first-order valence-electron chi connectivity index (χ1n) is 4.85. The molecule has 0 bridgehead atoms. The van der Waals surface area contributed by atoms with Crippen molar-refractivity contribution in [2.75, 3.05) is 0 Å². The second-order valence-electron chi connectivity index (χ2n) is 4.22. The van der Waals surface area contributed by atoms with E-state index in [1.54, 1.807) is 0 Å². The highest BCUT2D eigenvalue weighted by atomic mass is 35.5. The summed E-state index contributed by atoms with van der Waals surface area (Å²) >= 11 is 7.46. The quantitative estimate of drug-likeness (QED) is 0.815. The van der Waals surface area contributed by atoms with Crippen LogP contribution in [0.25, 0.3) is 0 Å². The lowest BCUT2D eigenvalue weighted by molar-refractivity contribution is 0.0916. The molecule has 1 heterocycles. The standard InChI is InChI=1S/C11H16ClNOS/c1-7-5-6-15-9(7)10(14)13-11(3,4)8(2)12/h5-6,8H,1-4H3,(H,13,14). The fourth-order valence-corrected chi connectivity index (χ4v) is 1.93. The monoisotopic (exact) mass is 245 g/mol. The Kier molecular flexibility index (Phi) is 3.79. The number of carbonyl (C=O) groups excluding carboxylic acids is 1. The predicted octanol–water partition coefficient (Wildman–Crippen LogP) is 3.19. The fourth-order valence-electron chi connectivity index (χ4n) is 1.05. The molecule has 1 amide bonds. The Hall–Kier alpha value is -0.540. The minimum Gasteiger partial charge on any atom is -0.345 e. The van der Waals surface area contributed by atoms with Gasteiger partial charge in [-0.2, -0.15) is 0 Å². The van der Waals surface area contributed by atoms with Gasteiger partial charge in [0, 0.05) is 0 Å². The zero-order valence-electron chi connectivity index (χ0n) is 9.43. The molecule has 1 aromatic heterocycles. The summed E-state index contributed by atoms with van der Waals surface area (Å²) in [6, 6.07) is 1.94. The molecule has 1 rings (SSSR count). The number of carbonyl (C=O) groups is 1. The lowest BCUT2D eigenvalue weighted by Crippen LogP contribution is -2.48. The van der Waals surface area contributed by atoms with Crippen molar-refractivity contribution in [2.24, 2.45) is 0 Å². The van der Waals surface area contributed by atoms with E-state index in [9.17, 15) is 4.79 Å². The van der Waals surface area contributed by atoms with Crippen molar-refractivity contribution in [1.29, 1.82) is 0 Å². The van der Waals surface area contributed by atoms with Crippen LogP contribution in [0.4, 0.5) is 0 Å². The van der Waals surface area contributed by atoms with Gasteiger partial charge in [-0.25, -0.2) is 0 Å². The number of hydrogen-bond acceptors (Lipinski definition) is 2. The summed E-state index contributed by atoms with van der Waals surface area (Å²) in [5, 5.41) is 4.75. The van der Waals surface area contributed by atoms with Crippen molar-refractivity contribution in [3.63, 3.8) is 0 Å². The lowest BCUT2D eigenvalue weighted by Gasteiger charge is -2.28. The van der Waals surface area contributed by atoms with Crippen molar-refractivity contribution in [3.05, 3.63) is 21.9 Å². The first-order valence-corrected chi connectivity index (χ1v) is 6.17. The molecule has 0 aliphatic heterocycles. The van der Waals surface area contributed by atoms with Crippen molar-refractivity contribution in [1.82, 2.24) is 5.32 Å². The molecule has 84 valence electrons. The van der Waals surface area contributed by atoms with Crippen LogP contribution in [0.15, 0.2) is 11.4 Å². The van der Waals surface area contributed by atoms with E-state index in [1.165, 1.54) is 11.3 Å². The molecule has 0 saturated carbocycles. The molecule has 1 aromatic rings. The van der Waals surface area contributed by atoms with Gasteiger partial charge in [-0.15, -0.1) is 22.9 Å². The van der Waals surface area contributed by atoms with E-state index in [1.807, 2.05) is 39.1 Å². The average Bonchev–Trinajstić information content (AvgIpc) is 2.50. The third-order valence-corrected chi connectivity index (χ3v) is 4.06. The zero-order valence-corrected chi connectivity index (χ0v) is 11.0. The van der Waals surface area contributed by atoms with Gasteiger partial charge in [0.1, 0.15) is 0 Å². The average molecular weight is 246 g/mol. The van der Waals surface area contributed by atoms with Crippen LogP contribution in [-0.2, 0) is 0 Å². The van der Waals surface area contributed by atoms with E-state index >= 15 is 0 Å². The van der Waals surface area contributed by atoms with Crippen LogP contribution in [-0.4, -0.2) is 16.8 Å². The summed E-state index contributed by atoms with van der Waals surface area (Å²) in [4.78, 5) is 12.7. The van der Waals surface area contributed by atoms with E-state index < -0.39 is 5.54 Å². The molecule has 15 heavy (non-hydrogen) atoms. The molecule has 0 radical (unpaired) electrons. The van der Waals surface area contributed by atoms with E-state index in [0.29, 0.717) is 0 Å². The number of aryl methyl sites for hydroxylation is 1. The van der Waals surface area contributed by atoms with Crippen molar-refractivity contribution in [3.8, 4) is 0 Å². The SMILES string of the molecule is Cc1ccsc1C(=O)NC(C)(C)C(C)Cl. The number of halogens is 1. The maximum atomic E-state index is 11.9. The molecule has 0 aliphatic carbocycles. The number of nitrogens with one attached hydrogen (secondary N) is 1. The molecule has 0 aliphatic rings. The Balaban J connectivity index is 2.77. The third kappa shape index (κ3) is 2.95. The zero-order chi connectivity index (χ0) is 11.6. The molecule has 0 aromatic carbocycles. The van der Waals surface area contributed by atoms with Crippen LogP contribution in [0.5, 0.6) is 0 Å². The Labute approximate surface area is 99.6 Å². The normalized spacial score (nSPS) is 13.7. The highest BCUT2D eigenvalue weighted by molar-refractivity contribution is 7.12. The van der Waals surface area contributed by atoms with Crippen LogP contribution in [0.2, 0.25) is 0 Å². The number of amides is 1. The number of thiophene rings is 1. The van der Waals surface area contributed by atoms with E-state index in [2.05, 4.69) is 5.32 Å². The van der Waals surface area contributed by atoms with Gasteiger partial charge in [0.15, 0.2) is 0 Å². The maximum Gasteiger partial charge on any atom is 0.262 e. The first-order chi connectivity index (χ1) is 6.84. The van der Waals surface area contributed by atoms with Gasteiger partial charge in [-0.05, 0) is 44.7 Å². The summed E-state index contributed by atoms with van der Waals surface area (Å²) in [6.07, 6.45) is 0. The Morgan fingerprint density at radius 3 is 2.60 bits per heavy atom. The van der Waals surface area contributed by atoms with Crippen LogP contribution in [0.3, 0.4) is 0 Å².